The lowest BCUT2D eigenvalue weighted by atomic mass is 10.0. The van der Waals surface area contributed by atoms with Crippen LogP contribution in [0.1, 0.15) is 21.6 Å². The van der Waals surface area contributed by atoms with Gasteiger partial charge in [-0.1, -0.05) is 0 Å². The fourth-order valence-corrected chi connectivity index (χ4v) is 2.93. The van der Waals surface area contributed by atoms with Crippen molar-refractivity contribution < 1.29 is 14.6 Å². The first-order valence-electron chi connectivity index (χ1n) is 7.92. The fourth-order valence-electron chi connectivity index (χ4n) is 2.93. The highest BCUT2D eigenvalue weighted by Gasteiger charge is 2.21. The summed E-state index contributed by atoms with van der Waals surface area (Å²) in [4.78, 5) is 26.6. The Morgan fingerprint density at radius 3 is 2.75 bits per heavy atom. The van der Waals surface area contributed by atoms with Gasteiger partial charge in [-0.3, -0.25) is 4.98 Å². The molecule has 1 N–H and O–H groups in total. The lowest BCUT2D eigenvalue weighted by molar-refractivity contribution is 0.0697. The van der Waals surface area contributed by atoms with Gasteiger partial charge in [-0.25, -0.2) is 14.8 Å². The number of carboxylic acids is 1. The molecule has 0 saturated heterocycles. The summed E-state index contributed by atoms with van der Waals surface area (Å²) in [5.41, 5.74) is 3.23. The van der Waals surface area contributed by atoms with E-state index in [0.717, 1.165) is 43.7 Å². The van der Waals surface area contributed by atoms with E-state index in [-0.39, 0.29) is 5.56 Å². The molecule has 0 atom stereocenters. The second-order valence-corrected chi connectivity index (χ2v) is 5.76. The number of pyridine rings is 1. The van der Waals surface area contributed by atoms with E-state index in [4.69, 9.17) is 4.74 Å². The molecule has 2 aromatic heterocycles. The molecule has 1 aliphatic heterocycles. The Hall–Kier alpha value is -2.38. The maximum absolute atomic E-state index is 11.7. The van der Waals surface area contributed by atoms with Crippen LogP contribution < -0.4 is 0 Å². The van der Waals surface area contributed by atoms with Gasteiger partial charge in [0.05, 0.1) is 17.9 Å². The van der Waals surface area contributed by atoms with E-state index in [9.17, 15) is 9.90 Å². The Labute approximate surface area is 140 Å². The van der Waals surface area contributed by atoms with Crippen LogP contribution in [0.3, 0.4) is 0 Å². The number of carbonyl (C=O) groups is 1. The molecule has 7 nitrogen and oxygen atoms in total. The monoisotopic (exact) mass is 328 g/mol. The van der Waals surface area contributed by atoms with Crippen LogP contribution >= 0.6 is 0 Å². The van der Waals surface area contributed by atoms with Crippen molar-refractivity contribution in [1.29, 1.82) is 0 Å². The predicted octanol–water partition coefficient (Wildman–Crippen LogP) is 1.28. The molecule has 0 aliphatic carbocycles. The third-order valence-electron chi connectivity index (χ3n) is 4.23. The van der Waals surface area contributed by atoms with E-state index in [1.807, 2.05) is 0 Å². The summed E-state index contributed by atoms with van der Waals surface area (Å²) in [6, 6.07) is 1.76. The first kappa shape index (κ1) is 16.5. The molecule has 0 saturated carbocycles. The van der Waals surface area contributed by atoms with Crippen LogP contribution in [-0.2, 0) is 17.6 Å². The zero-order valence-electron chi connectivity index (χ0n) is 13.6. The molecular formula is C17H20N4O3. The maximum Gasteiger partial charge on any atom is 0.337 e. The van der Waals surface area contributed by atoms with Crippen molar-refractivity contribution in [3.63, 3.8) is 0 Å². The number of carboxylic acid groups (broad SMARTS) is 1. The number of aromatic carboxylic acids is 1. The summed E-state index contributed by atoms with van der Waals surface area (Å²) in [6.45, 7) is 3.33. The van der Waals surface area contributed by atoms with Crippen LogP contribution in [0.15, 0.2) is 24.8 Å². The zero-order chi connectivity index (χ0) is 16.9. The summed E-state index contributed by atoms with van der Waals surface area (Å²) in [6.07, 6.45) is 6.18. The number of ether oxygens (including phenoxy) is 1. The van der Waals surface area contributed by atoms with Crippen LogP contribution in [0, 0.1) is 0 Å². The molecule has 0 aromatic carbocycles. The number of methoxy groups -OCH3 is 1. The highest BCUT2D eigenvalue weighted by Crippen LogP contribution is 2.25. The van der Waals surface area contributed by atoms with E-state index < -0.39 is 5.97 Å². The Kier molecular flexibility index (Phi) is 5.12. The summed E-state index contributed by atoms with van der Waals surface area (Å²) >= 11 is 0. The third kappa shape index (κ3) is 3.58. The van der Waals surface area contributed by atoms with Crippen molar-refractivity contribution in [2.45, 2.75) is 12.8 Å². The molecule has 3 heterocycles. The average molecular weight is 328 g/mol. The van der Waals surface area contributed by atoms with Gasteiger partial charge >= 0.3 is 5.97 Å². The molecule has 0 amide bonds. The van der Waals surface area contributed by atoms with Gasteiger partial charge in [-0.05, 0) is 18.1 Å². The van der Waals surface area contributed by atoms with E-state index >= 15 is 0 Å². The van der Waals surface area contributed by atoms with Gasteiger partial charge < -0.3 is 14.7 Å². The molecule has 3 rings (SSSR count). The Morgan fingerprint density at radius 1 is 1.29 bits per heavy atom. The average Bonchev–Trinajstić information content (AvgIpc) is 2.81. The number of rotatable bonds is 5. The summed E-state index contributed by atoms with van der Waals surface area (Å²) in [5, 5.41) is 9.56. The molecule has 0 radical (unpaired) electrons. The van der Waals surface area contributed by atoms with Crippen LogP contribution in [0.4, 0.5) is 0 Å². The van der Waals surface area contributed by atoms with E-state index in [0.29, 0.717) is 17.9 Å². The van der Waals surface area contributed by atoms with Gasteiger partial charge in [0.2, 0.25) is 0 Å². The Bertz CT molecular complexity index is 721. The lowest BCUT2D eigenvalue weighted by Gasteiger charge is -2.18. The topological polar surface area (TPSA) is 88.4 Å². The van der Waals surface area contributed by atoms with Gasteiger partial charge in [0, 0.05) is 56.8 Å². The molecule has 0 bridgehead atoms. The number of aromatic nitrogens is 3. The van der Waals surface area contributed by atoms with Crippen molar-refractivity contribution >= 4 is 5.97 Å². The molecule has 24 heavy (non-hydrogen) atoms. The van der Waals surface area contributed by atoms with Gasteiger partial charge in [0.15, 0.2) is 0 Å². The largest absolute Gasteiger partial charge is 0.478 e. The molecule has 0 spiro atoms. The maximum atomic E-state index is 11.7. The van der Waals surface area contributed by atoms with Crippen LogP contribution in [0.5, 0.6) is 0 Å². The number of fused-ring (bicyclic) bond motifs is 1. The van der Waals surface area contributed by atoms with Crippen LogP contribution in [-0.4, -0.2) is 64.3 Å². The van der Waals surface area contributed by atoms with Crippen molar-refractivity contribution in [1.82, 2.24) is 19.9 Å². The number of hydrogen-bond donors (Lipinski definition) is 1. The summed E-state index contributed by atoms with van der Waals surface area (Å²) in [7, 11) is 1.70. The Morgan fingerprint density at radius 2 is 2.04 bits per heavy atom. The van der Waals surface area contributed by atoms with E-state index in [1.54, 1.807) is 25.6 Å². The molecule has 0 fully saturated rings. The lowest BCUT2D eigenvalue weighted by Crippen LogP contribution is -2.29. The number of hydrogen-bond acceptors (Lipinski definition) is 6. The highest BCUT2D eigenvalue weighted by atomic mass is 16.5. The normalized spacial score (nSPS) is 14.9. The van der Waals surface area contributed by atoms with Gasteiger partial charge in [0.1, 0.15) is 6.33 Å². The van der Waals surface area contributed by atoms with Gasteiger partial charge in [-0.2, -0.15) is 0 Å². The minimum Gasteiger partial charge on any atom is -0.478 e. The third-order valence-corrected chi connectivity index (χ3v) is 4.23. The standard InChI is InChI=1S/C17H20N4O3/c1-24-7-6-21-4-2-12-8-14(17(22)23)16(20-15(12)3-5-21)13-9-18-11-19-10-13/h8-11H,2-7H2,1H3,(H,22,23). The Balaban J connectivity index is 1.94. The SMILES string of the molecule is COCCN1CCc2cc(C(=O)O)c(-c3cncnc3)nc2CC1. The van der Waals surface area contributed by atoms with Crippen molar-refractivity contribution in [3.05, 3.63) is 41.6 Å². The van der Waals surface area contributed by atoms with E-state index in [1.165, 1.54) is 6.33 Å². The quantitative estimate of drug-likeness (QED) is 0.884. The molecule has 2 aromatic rings. The van der Waals surface area contributed by atoms with Crippen LogP contribution in [0.2, 0.25) is 0 Å². The minimum absolute atomic E-state index is 0.203. The zero-order valence-corrected chi connectivity index (χ0v) is 13.6. The summed E-state index contributed by atoms with van der Waals surface area (Å²) < 4.78 is 5.14. The molecule has 0 unspecified atom stereocenters. The first-order chi connectivity index (χ1) is 11.7. The smallest absolute Gasteiger partial charge is 0.337 e. The fraction of sp³-hybridized carbons (Fsp3) is 0.412. The molecular weight excluding hydrogens is 308 g/mol. The van der Waals surface area contributed by atoms with Crippen molar-refractivity contribution in [3.8, 4) is 11.3 Å². The molecule has 1 aliphatic rings. The number of nitrogens with zero attached hydrogens (tertiary/aromatic N) is 4. The van der Waals surface area contributed by atoms with Gasteiger partial charge in [0.25, 0.3) is 0 Å². The second-order valence-electron chi connectivity index (χ2n) is 5.76. The van der Waals surface area contributed by atoms with E-state index in [2.05, 4.69) is 19.9 Å². The summed E-state index contributed by atoms with van der Waals surface area (Å²) in [5.74, 6) is -0.982. The van der Waals surface area contributed by atoms with Crippen molar-refractivity contribution in [2.75, 3.05) is 33.4 Å². The predicted molar refractivity (Wildman–Crippen MR) is 87.9 cm³/mol. The van der Waals surface area contributed by atoms with Gasteiger partial charge in [-0.15, -0.1) is 0 Å². The first-order valence-corrected chi connectivity index (χ1v) is 7.92. The molecule has 126 valence electrons. The highest BCUT2D eigenvalue weighted by molar-refractivity contribution is 5.94. The van der Waals surface area contributed by atoms with Crippen LogP contribution in [0.25, 0.3) is 11.3 Å². The molecule has 7 heteroatoms. The van der Waals surface area contributed by atoms with Crippen molar-refractivity contribution in [2.24, 2.45) is 0 Å². The second kappa shape index (κ2) is 7.46. The minimum atomic E-state index is -0.982.